The van der Waals surface area contributed by atoms with E-state index in [-0.39, 0.29) is 0 Å². The first-order chi connectivity index (χ1) is 8.76. The molecule has 2 rings (SSSR count). The third kappa shape index (κ3) is 5.04. The molecule has 3 nitrogen and oxygen atoms in total. The average Bonchev–Trinajstić information content (AvgIpc) is 2.42. The van der Waals surface area contributed by atoms with Crippen molar-refractivity contribution in [1.82, 2.24) is 0 Å². The van der Waals surface area contributed by atoms with Crippen molar-refractivity contribution in [3.63, 3.8) is 0 Å². The van der Waals surface area contributed by atoms with E-state index < -0.39 is 0 Å². The molecule has 18 heavy (non-hydrogen) atoms. The van der Waals surface area contributed by atoms with Crippen molar-refractivity contribution in [3.05, 3.63) is 60.2 Å². The Morgan fingerprint density at radius 3 is 2.17 bits per heavy atom. The average molecular weight is 240 g/mol. The Bertz CT molecular complexity index is 486. The van der Waals surface area contributed by atoms with E-state index in [4.69, 9.17) is 15.7 Å². The summed E-state index contributed by atoms with van der Waals surface area (Å²) in [4.78, 5) is 0. The monoisotopic (exact) mass is 240 g/mol. The lowest BCUT2D eigenvalue weighted by Gasteiger charge is -1.99. The van der Waals surface area contributed by atoms with E-state index >= 15 is 0 Å². The van der Waals surface area contributed by atoms with Crippen molar-refractivity contribution in [2.24, 2.45) is 0 Å². The van der Waals surface area contributed by atoms with Crippen molar-refractivity contribution in [2.75, 3.05) is 12.3 Å². The summed E-state index contributed by atoms with van der Waals surface area (Å²) < 4.78 is 5.21. The van der Waals surface area contributed by atoms with E-state index in [1.165, 1.54) is 0 Å². The third-order valence-corrected chi connectivity index (χ3v) is 2.09. The smallest absolute Gasteiger partial charge is 0.119 e. The Labute approximate surface area is 107 Å². The molecule has 0 aliphatic rings. The fraction of sp³-hybridized carbons (Fsp3) is 0.133. The highest BCUT2D eigenvalue weighted by Crippen LogP contribution is 2.07. The molecule has 3 heteroatoms. The van der Waals surface area contributed by atoms with Gasteiger partial charge in [-0.05, 0) is 43.3 Å². The predicted octanol–water partition coefficient (Wildman–Crippen LogP) is 3.23. The zero-order valence-electron chi connectivity index (χ0n) is 10.3. The second-order valence-corrected chi connectivity index (χ2v) is 3.48. The number of nitriles is 1. The Balaban J connectivity index is 0.000000180. The number of hydrogen-bond donors (Lipinski definition) is 1. The first-order valence-electron chi connectivity index (χ1n) is 5.69. The van der Waals surface area contributed by atoms with Gasteiger partial charge in [-0.25, -0.2) is 0 Å². The third-order valence-electron chi connectivity index (χ3n) is 2.09. The van der Waals surface area contributed by atoms with Crippen LogP contribution in [-0.2, 0) is 0 Å². The van der Waals surface area contributed by atoms with Gasteiger partial charge in [0.05, 0.1) is 18.2 Å². The summed E-state index contributed by atoms with van der Waals surface area (Å²) in [5.74, 6) is 0.944. The highest BCUT2D eigenvalue weighted by molar-refractivity contribution is 5.42. The van der Waals surface area contributed by atoms with Crippen molar-refractivity contribution in [2.45, 2.75) is 6.92 Å². The molecule has 0 amide bonds. The highest BCUT2D eigenvalue weighted by atomic mass is 16.5. The molecular weight excluding hydrogens is 224 g/mol. The number of nitrogen functional groups attached to an aromatic ring is 1. The molecule has 0 heterocycles. The summed E-state index contributed by atoms with van der Waals surface area (Å²) >= 11 is 0. The maximum Gasteiger partial charge on any atom is 0.119 e. The lowest BCUT2D eigenvalue weighted by atomic mass is 10.2. The second kappa shape index (κ2) is 7.75. The number of hydrogen-bond acceptors (Lipinski definition) is 3. The van der Waals surface area contributed by atoms with Crippen molar-refractivity contribution in [1.29, 1.82) is 5.26 Å². The molecule has 2 aromatic carbocycles. The Morgan fingerprint density at radius 1 is 1.06 bits per heavy atom. The molecule has 0 radical (unpaired) electrons. The van der Waals surface area contributed by atoms with Gasteiger partial charge in [-0.2, -0.15) is 5.26 Å². The maximum absolute atomic E-state index is 8.34. The first-order valence-corrected chi connectivity index (χ1v) is 5.69. The molecule has 0 spiro atoms. The van der Waals surface area contributed by atoms with Gasteiger partial charge >= 0.3 is 0 Å². The van der Waals surface area contributed by atoms with E-state index in [1.807, 2.05) is 43.3 Å². The van der Waals surface area contributed by atoms with Gasteiger partial charge in [-0.1, -0.05) is 18.2 Å². The van der Waals surface area contributed by atoms with Gasteiger partial charge in [0.25, 0.3) is 0 Å². The van der Waals surface area contributed by atoms with E-state index in [2.05, 4.69) is 0 Å². The van der Waals surface area contributed by atoms with Crippen molar-refractivity contribution < 1.29 is 4.74 Å². The lowest BCUT2D eigenvalue weighted by Crippen LogP contribution is -1.89. The van der Waals surface area contributed by atoms with Crippen LogP contribution < -0.4 is 10.5 Å². The minimum Gasteiger partial charge on any atom is -0.494 e. The van der Waals surface area contributed by atoms with Gasteiger partial charge in [0.15, 0.2) is 0 Å². The van der Waals surface area contributed by atoms with Crippen LogP contribution in [-0.4, -0.2) is 6.61 Å². The summed E-state index contributed by atoms with van der Waals surface area (Å²) in [6, 6.07) is 18.6. The van der Waals surface area contributed by atoms with E-state index in [0.29, 0.717) is 11.3 Å². The molecule has 0 fully saturated rings. The number of nitrogens with zero attached hydrogens (tertiary/aromatic N) is 1. The maximum atomic E-state index is 8.34. The first kappa shape index (κ1) is 13.6. The van der Waals surface area contributed by atoms with Gasteiger partial charge < -0.3 is 10.5 Å². The molecule has 0 saturated carbocycles. The Morgan fingerprint density at radius 2 is 1.67 bits per heavy atom. The number of benzene rings is 2. The van der Waals surface area contributed by atoms with Crippen LogP contribution >= 0.6 is 0 Å². The molecule has 0 aliphatic carbocycles. The van der Waals surface area contributed by atoms with Crippen molar-refractivity contribution >= 4 is 5.69 Å². The standard InChI is InChI=1S/C8H10O.C7H6N2/c1-2-9-8-6-4-3-5-7-8;8-5-6-1-3-7(9)4-2-6/h3-7H,2H2,1H3;1-4H,9H2. The summed E-state index contributed by atoms with van der Waals surface area (Å²) in [6.45, 7) is 2.72. The Kier molecular flexibility index (Phi) is 5.85. The fourth-order valence-electron chi connectivity index (χ4n) is 1.24. The fourth-order valence-corrected chi connectivity index (χ4v) is 1.24. The molecule has 92 valence electrons. The van der Waals surface area contributed by atoms with Crippen LogP contribution in [0.3, 0.4) is 0 Å². The minimum atomic E-state index is 0.643. The van der Waals surface area contributed by atoms with Crippen LogP contribution in [0.1, 0.15) is 12.5 Å². The van der Waals surface area contributed by atoms with E-state index in [1.54, 1.807) is 24.3 Å². The Hall–Kier alpha value is -2.47. The van der Waals surface area contributed by atoms with Gasteiger partial charge in [-0.3, -0.25) is 0 Å². The summed E-state index contributed by atoms with van der Waals surface area (Å²) in [5.41, 5.74) is 6.70. The van der Waals surface area contributed by atoms with E-state index in [0.717, 1.165) is 12.4 Å². The van der Waals surface area contributed by atoms with Gasteiger partial charge in [0, 0.05) is 5.69 Å². The minimum absolute atomic E-state index is 0.643. The second-order valence-electron chi connectivity index (χ2n) is 3.48. The van der Waals surface area contributed by atoms with Gasteiger partial charge in [0.1, 0.15) is 5.75 Å². The quantitative estimate of drug-likeness (QED) is 0.820. The molecule has 0 saturated heterocycles. The zero-order chi connectivity index (χ0) is 13.2. The molecule has 2 N–H and O–H groups in total. The number of para-hydroxylation sites is 1. The molecule has 0 atom stereocenters. The van der Waals surface area contributed by atoms with E-state index in [9.17, 15) is 0 Å². The summed E-state index contributed by atoms with van der Waals surface area (Å²) in [5, 5.41) is 8.34. The van der Waals surface area contributed by atoms with Crippen LogP contribution in [0.25, 0.3) is 0 Å². The SMILES string of the molecule is CCOc1ccccc1.N#Cc1ccc(N)cc1. The largest absolute Gasteiger partial charge is 0.494 e. The molecule has 0 bridgehead atoms. The lowest BCUT2D eigenvalue weighted by molar-refractivity contribution is 0.340. The summed E-state index contributed by atoms with van der Waals surface area (Å²) in [6.07, 6.45) is 0. The normalized spacial score (nSPS) is 8.67. The molecule has 0 aliphatic heterocycles. The molecule has 0 unspecified atom stereocenters. The molecule has 2 aromatic rings. The zero-order valence-corrected chi connectivity index (χ0v) is 10.3. The van der Waals surface area contributed by atoms with Crippen LogP contribution in [0.15, 0.2) is 54.6 Å². The summed E-state index contributed by atoms with van der Waals surface area (Å²) in [7, 11) is 0. The predicted molar refractivity (Wildman–Crippen MR) is 73.2 cm³/mol. The van der Waals surface area contributed by atoms with Crippen LogP contribution in [0.4, 0.5) is 5.69 Å². The number of anilines is 1. The topological polar surface area (TPSA) is 59.0 Å². The molecular formula is C15H16N2O. The number of nitrogens with two attached hydrogens (primary N) is 1. The molecule has 0 aromatic heterocycles. The van der Waals surface area contributed by atoms with Crippen LogP contribution in [0.5, 0.6) is 5.75 Å². The number of rotatable bonds is 2. The highest BCUT2D eigenvalue weighted by Gasteiger charge is 1.85. The van der Waals surface area contributed by atoms with Crippen molar-refractivity contribution in [3.8, 4) is 11.8 Å². The van der Waals surface area contributed by atoms with Crippen LogP contribution in [0.2, 0.25) is 0 Å². The van der Waals surface area contributed by atoms with Gasteiger partial charge in [0.2, 0.25) is 0 Å². The van der Waals surface area contributed by atoms with Gasteiger partial charge in [-0.15, -0.1) is 0 Å². The van der Waals surface area contributed by atoms with Crippen LogP contribution in [0, 0.1) is 11.3 Å². The number of ether oxygens (including phenoxy) is 1.